The first-order valence-electron chi connectivity index (χ1n) is 6.76. The number of para-hydroxylation sites is 1. The van der Waals surface area contributed by atoms with Crippen molar-refractivity contribution in [1.29, 1.82) is 0 Å². The quantitative estimate of drug-likeness (QED) is 0.595. The third-order valence-corrected chi connectivity index (χ3v) is 4.25. The molecule has 0 spiro atoms. The summed E-state index contributed by atoms with van der Waals surface area (Å²) in [6, 6.07) is 9.82. The monoisotopic (exact) mass is 293 g/mol. The lowest BCUT2D eigenvalue weighted by molar-refractivity contribution is -0.883. The van der Waals surface area contributed by atoms with Gasteiger partial charge >= 0.3 is 0 Å². The van der Waals surface area contributed by atoms with Crippen LogP contribution in [0.15, 0.2) is 35.3 Å². The Labute approximate surface area is 123 Å². The first-order chi connectivity index (χ1) is 9.65. The number of likely N-dealkylation sites (N-methyl/N-ethyl adjacent to an activating group) is 1. The van der Waals surface area contributed by atoms with Crippen LogP contribution in [-0.2, 0) is 4.79 Å². The van der Waals surface area contributed by atoms with Crippen LogP contribution in [0.3, 0.4) is 0 Å². The average molecular weight is 293 g/mol. The van der Waals surface area contributed by atoms with Crippen molar-refractivity contribution in [1.82, 2.24) is 4.90 Å². The molecule has 0 saturated carbocycles. The predicted octanol–water partition coefficient (Wildman–Crippen LogP) is -0.277. The summed E-state index contributed by atoms with van der Waals surface area (Å²) < 4.78 is 0. The zero-order chi connectivity index (χ0) is 14.4. The van der Waals surface area contributed by atoms with Crippen LogP contribution in [0.4, 0.5) is 5.69 Å². The number of aliphatic imine (C=N–C) groups is 1. The Morgan fingerprint density at radius 1 is 1.35 bits per heavy atom. The number of amidine groups is 1. The molecule has 1 aliphatic heterocycles. The van der Waals surface area contributed by atoms with Gasteiger partial charge in [-0.25, -0.2) is 4.99 Å². The Balaban J connectivity index is 2.11. The molecule has 108 valence electrons. The number of carbonyl (C=O) groups is 1. The second kappa shape index (κ2) is 7.31. The van der Waals surface area contributed by atoms with Gasteiger partial charge in [-0.2, -0.15) is 0 Å². The summed E-state index contributed by atoms with van der Waals surface area (Å²) in [5.41, 5.74) is 6.16. The van der Waals surface area contributed by atoms with Gasteiger partial charge in [-0.05, 0) is 12.1 Å². The van der Waals surface area contributed by atoms with Crippen LogP contribution in [0, 0.1) is 0 Å². The van der Waals surface area contributed by atoms with Gasteiger partial charge in [0.1, 0.15) is 0 Å². The molecule has 1 aromatic rings. The Morgan fingerprint density at radius 2 is 2.00 bits per heavy atom. The number of thioether (sulfide) groups is 1. The number of nitrogens with two attached hydrogens (primary N) is 1. The van der Waals surface area contributed by atoms with E-state index >= 15 is 0 Å². The van der Waals surface area contributed by atoms with Crippen molar-refractivity contribution in [2.45, 2.75) is 0 Å². The van der Waals surface area contributed by atoms with Crippen molar-refractivity contribution < 1.29 is 9.69 Å². The van der Waals surface area contributed by atoms with Crippen molar-refractivity contribution in [2.24, 2.45) is 10.7 Å². The van der Waals surface area contributed by atoms with Gasteiger partial charge in [-0.3, -0.25) is 4.79 Å². The Bertz CT molecular complexity index is 469. The number of piperazine rings is 1. The second-order valence-electron chi connectivity index (χ2n) is 4.93. The van der Waals surface area contributed by atoms with Crippen LogP contribution in [0.5, 0.6) is 0 Å². The third kappa shape index (κ3) is 4.54. The molecule has 1 saturated heterocycles. The summed E-state index contributed by atoms with van der Waals surface area (Å²) in [4.78, 5) is 19.5. The van der Waals surface area contributed by atoms with Gasteiger partial charge in [-0.1, -0.05) is 30.0 Å². The SMILES string of the molecule is C[NH+]1CCN(C(=Nc2ccccc2)SCC(N)=O)CC1. The van der Waals surface area contributed by atoms with Gasteiger partial charge in [0.05, 0.1) is 44.7 Å². The standard InChI is InChI=1S/C14H20N4OS/c1-17-7-9-18(10-8-17)14(20-11-13(15)19)16-12-5-3-2-4-6-12/h2-6H,7-11H2,1H3,(H2,15,19)/p+1. The molecule has 0 aromatic heterocycles. The zero-order valence-electron chi connectivity index (χ0n) is 11.7. The van der Waals surface area contributed by atoms with Crippen LogP contribution >= 0.6 is 11.8 Å². The summed E-state index contributed by atoms with van der Waals surface area (Å²) in [6.45, 7) is 4.10. The van der Waals surface area contributed by atoms with Gasteiger partial charge in [0, 0.05) is 0 Å². The molecule has 20 heavy (non-hydrogen) atoms. The highest BCUT2D eigenvalue weighted by Crippen LogP contribution is 2.17. The van der Waals surface area contributed by atoms with Crippen LogP contribution in [0.25, 0.3) is 0 Å². The minimum Gasteiger partial charge on any atom is -0.369 e. The first kappa shape index (κ1) is 14.9. The van der Waals surface area contributed by atoms with Gasteiger partial charge in [0.2, 0.25) is 5.91 Å². The first-order valence-corrected chi connectivity index (χ1v) is 7.75. The summed E-state index contributed by atoms with van der Waals surface area (Å²) in [5.74, 6) is -0.0410. The number of amides is 1. The highest BCUT2D eigenvalue weighted by Gasteiger charge is 2.20. The maximum atomic E-state index is 11.0. The zero-order valence-corrected chi connectivity index (χ0v) is 12.5. The molecule has 2 rings (SSSR count). The number of carbonyl (C=O) groups excluding carboxylic acids is 1. The fourth-order valence-corrected chi connectivity index (χ4v) is 2.83. The summed E-state index contributed by atoms with van der Waals surface area (Å²) in [6.07, 6.45) is 0. The molecule has 0 atom stereocenters. The number of nitrogens with zero attached hydrogens (tertiary/aromatic N) is 2. The topological polar surface area (TPSA) is 63.1 Å². The molecule has 0 bridgehead atoms. The van der Waals surface area contributed by atoms with Crippen LogP contribution in [0.1, 0.15) is 0 Å². The van der Waals surface area contributed by atoms with E-state index in [4.69, 9.17) is 5.73 Å². The fourth-order valence-electron chi connectivity index (χ4n) is 2.02. The Morgan fingerprint density at radius 3 is 2.60 bits per heavy atom. The summed E-state index contributed by atoms with van der Waals surface area (Å²) in [7, 11) is 2.20. The van der Waals surface area contributed by atoms with Gasteiger partial charge in [0.25, 0.3) is 0 Å². The second-order valence-corrected chi connectivity index (χ2v) is 5.87. The summed E-state index contributed by atoms with van der Waals surface area (Å²) >= 11 is 1.42. The molecule has 0 unspecified atom stereocenters. The molecule has 1 aliphatic rings. The minimum absolute atomic E-state index is 0.269. The predicted molar refractivity (Wildman–Crippen MR) is 83.4 cm³/mol. The van der Waals surface area contributed by atoms with Gasteiger partial charge in [-0.15, -0.1) is 0 Å². The van der Waals surface area contributed by atoms with Crippen molar-refractivity contribution in [3.63, 3.8) is 0 Å². The van der Waals surface area contributed by atoms with Crippen LogP contribution in [-0.4, -0.2) is 55.0 Å². The Kier molecular flexibility index (Phi) is 5.43. The van der Waals surface area contributed by atoms with E-state index in [9.17, 15) is 4.79 Å². The maximum absolute atomic E-state index is 11.0. The number of primary amides is 1. The molecular formula is C14H21N4OS+. The van der Waals surface area contributed by atoms with E-state index in [-0.39, 0.29) is 11.7 Å². The molecule has 1 amide bonds. The smallest absolute Gasteiger partial charge is 0.227 e. The van der Waals surface area contributed by atoms with Gasteiger partial charge in [0.15, 0.2) is 5.17 Å². The van der Waals surface area contributed by atoms with Crippen molar-refractivity contribution in [3.05, 3.63) is 30.3 Å². The highest BCUT2D eigenvalue weighted by molar-refractivity contribution is 8.14. The lowest BCUT2D eigenvalue weighted by Gasteiger charge is -2.31. The van der Waals surface area contributed by atoms with E-state index < -0.39 is 0 Å². The lowest BCUT2D eigenvalue weighted by Crippen LogP contribution is -3.12. The Hall–Kier alpha value is -1.53. The fraction of sp³-hybridized carbons (Fsp3) is 0.429. The molecule has 1 heterocycles. The molecular weight excluding hydrogens is 272 g/mol. The largest absolute Gasteiger partial charge is 0.369 e. The number of quaternary nitrogens is 1. The van der Waals surface area contributed by atoms with E-state index in [1.807, 2.05) is 30.3 Å². The van der Waals surface area contributed by atoms with E-state index in [0.29, 0.717) is 0 Å². The molecule has 6 heteroatoms. The minimum atomic E-state index is -0.310. The van der Waals surface area contributed by atoms with Crippen molar-refractivity contribution >= 4 is 28.5 Å². The summed E-state index contributed by atoms with van der Waals surface area (Å²) in [5, 5.41) is 0.891. The number of rotatable bonds is 3. The molecule has 1 aromatic carbocycles. The van der Waals surface area contributed by atoms with Crippen molar-refractivity contribution in [2.75, 3.05) is 39.0 Å². The van der Waals surface area contributed by atoms with E-state index in [0.717, 1.165) is 37.0 Å². The number of hydrogen-bond donors (Lipinski definition) is 2. The van der Waals surface area contributed by atoms with E-state index in [2.05, 4.69) is 16.9 Å². The third-order valence-electron chi connectivity index (χ3n) is 3.21. The molecule has 3 N–H and O–H groups in total. The molecule has 0 radical (unpaired) electrons. The van der Waals surface area contributed by atoms with Crippen molar-refractivity contribution in [3.8, 4) is 0 Å². The van der Waals surface area contributed by atoms with E-state index in [1.54, 1.807) is 0 Å². The number of benzene rings is 1. The normalized spacial score (nSPS) is 17.2. The lowest BCUT2D eigenvalue weighted by atomic mass is 10.3. The number of nitrogens with one attached hydrogen (secondary N) is 1. The maximum Gasteiger partial charge on any atom is 0.227 e. The van der Waals surface area contributed by atoms with Crippen LogP contribution in [0.2, 0.25) is 0 Å². The number of hydrogen-bond acceptors (Lipinski definition) is 3. The molecule has 0 aliphatic carbocycles. The van der Waals surface area contributed by atoms with Crippen LogP contribution < -0.4 is 10.6 Å². The molecule has 5 nitrogen and oxygen atoms in total. The average Bonchev–Trinajstić information content (AvgIpc) is 2.45. The van der Waals surface area contributed by atoms with E-state index in [1.165, 1.54) is 16.7 Å². The van der Waals surface area contributed by atoms with Gasteiger partial charge < -0.3 is 15.5 Å². The highest BCUT2D eigenvalue weighted by atomic mass is 32.2. The molecule has 1 fully saturated rings.